The van der Waals surface area contributed by atoms with Gasteiger partial charge in [-0.25, -0.2) is 13.2 Å². The maximum absolute atomic E-state index is 12.2. The number of ether oxygens (including phenoxy) is 1. The second-order valence-electron chi connectivity index (χ2n) is 5.08. The third-order valence-corrected chi connectivity index (χ3v) is 6.82. The molecule has 0 radical (unpaired) electrons. The zero-order chi connectivity index (χ0) is 17.6. The molecule has 24 heavy (non-hydrogen) atoms. The molecule has 0 amide bonds. The molecular weight excluding hydrogens is 346 g/mol. The van der Waals surface area contributed by atoms with Gasteiger partial charge in [-0.2, -0.15) is 0 Å². The maximum atomic E-state index is 12.2. The molecular formula is C17H19NO4S2. The van der Waals surface area contributed by atoms with Crippen LogP contribution in [0.5, 0.6) is 0 Å². The Kier molecular flexibility index (Phi) is 6.28. The molecule has 0 aliphatic carbocycles. The minimum Gasteiger partial charge on any atom is -0.465 e. The number of hydrogen-bond acceptors (Lipinski definition) is 6. The number of rotatable bonds is 7. The Labute approximate surface area is 145 Å². The molecule has 1 N–H and O–H groups in total. The first kappa shape index (κ1) is 18.4. The quantitative estimate of drug-likeness (QED) is 0.461. The number of nitrogens with one attached hydrogen (secondary N) is 1. The van der Waals surface area contributed by atoms with Crippen LogP contribution in [-0.2, 0) is 13.6 Å². The molecule has 0 bridgehead atoms. The van der Waals surface area contributed by atoms with Crippen LogP contribution in [0.4, 0.5) is 5.69 Å². The van der Waals surface area contributed by atoms with Crippen molar-refractivity contribution < 1.29 is 17.9 Å². The van der Waals surface area contributed by atoms with Gasteiger partial charge in [-0.1, -0.05) is 17.7 Å². The molecule has 0 saturated carbocycles. The summed E-state index contributed by atoms with van der Waals surface area (Å²) in [6.45, 7) is 2.41. The van der Waals surface area contributed by atoms with Crippen LogP contribution in [0.25, 0.3) is 0 Å². The van der Waals surface area contributed by atoms with Crippen LogP contribution in [0, 0.1) is 6.92 Å². The van der Waals surface area contributed by atoms with E-state index in [0.717, 1.165) is 22.0 Å². The minimum absolute atomic E-state index is 0.320. The van der Waals surface area contributed by atoms with Crippen LogP contribution in [0.2, 0.25) is 0 Å². The highest BCUT2D eigenvalue weighted by Gasteiger charge is 2.14. The number of anilines is 1. The summed E-state index contributed by atoms with van der Waals surface area (Å²) in [4.78, 5) is 11.7. The highest BCUT2D eigenvalue weighted by molar-refractivity contribution is 8.72. The monoisotopic (exact) mass is 365 g/mol. The van der Waals surface area contributed by atoms with E-state index in [4.69, 9.17) is 0 Å². The molecule has 2 aromatic rings. The first-order valence-corrected chi connectivity index (χ1v) is 10.3. The van der Waals surface area contributed by atoms with Gasteiger partial charge in [0.05, 0.1) is 17.6 Å². The number of benzene rings is 2. The minimum atomic E-state index is -3.34. The zero-order valence-electron chi connectivity index (χ0n) is 13.5. The molecule has 128 valence electrons. The van der Waals surface area contributed by atoms with E-state index < -0.39 is 8.87 Å². The van der Waals surface area contributed by atoms with Gasteiger partial charge < -0.3 is 10.1 Å². The average Bonchev–Trinajstić information content (AvgIpc) is 2.59. The smallest absolute Gasteiger partial charge is 0.337 e. The predicted octanol–water partition coefficient (Wildman–Crippen LogP) is 3.32. The van der Waals surface area contributed by atoms with E-state index in [1.54, 1.807) is 48.5 Å². The van der Waals surface area contributed by atoms with Crippen molar-refractivity contribution in [3.8, 4) is 0 Å². The molecule has 5 nitrogen and oxygen atoms in total. The Balaban J connectivity index is 1.84. The number of esters is 1. The highest BCUT2D eigenvalue weighted by Crippen LogP contribution is 2.23. The van der Waals surface area contributed by atoms with Crippen molar-refractivity contribution in [2.24, 2.45) is 0 Å². The van der Waals surface area contributed by atoms with Crippen LogP contribution in [0.1, 0.15) is 15.9 Å². The molecule has 0 aliphatic rings. The number of carbonyl (C=O) groups excluding carboxylic acids is 1. The van der Waals surface area contributed by atoms with Gasteiger partial charge in [0.1, 0.15) is 0 Å². The largest absolute Gasteiger partial charge is 0.465 e. The topological polar surface area (TPSA) is 72.5 Å². The van der Waals surface area contributed by atoms with Crippen molar-refractivity contribution >= 4 is 31.3 Å². The average molecular weight is 365 g/mol. The van der Waals surface area contributed by atoms with E-state index in [0.29, 0.717) is 22.8 Å². The Hall–Kier alpha value is -1.99. The van der Waals surface area contributed by atoms with Crippen molar-refractivity contribution in [3.63, 3.8) is 0 Å². The second kappa shape index (κ2) is 8.21. The lowest BCUT2D eigenvalue weighted by Crippen LogP contribution is -2.07. The van der Waals surface area contributed by atoms with Crippen LogP contribution in [0.3, 0.4) is 0 Å². The molecule has 0 aromatic heterocycles. The lowest BCUT2D eigenvalue weighted by atomic mass is 10.2. The molecule has 0 unspecified atom stereocenters. The molecule has 2 aromatic carbocycles. The normalized spacial score (nSPS) is 11.1. The van der Waals surface area contributed by atoms with E-state index >= 15 is 0 Å². The van der Waals surface area contributed by atoms with Crippen LogP contribution in [0.15, 0.2) is 53.4 Å². The van der Waals surface area contributed by atoms with Gasteiger partial charge in [0.25, 0.3) is 0 Å². The van der Waals surface area contributed by atoms with Crippen molar-refractivity contribution in [1.29, 1.82) is 0 Å². The summed E-state index contributed by atoms with van der Waals surface area (Å²) in [6.07, 6.45) is 0. The third kappa shape index (κ3) is 5.01. The van der Waals surface area contributed by atoms with Gasteiger partial charge in [0.15, 0.2) is 0 Å². The molecule has 0 saturated heterocycles. The van der Waals surface area contributed by atoms with E-state index in [2.05, 4.69) is 10.1 Å². The lowest BCUT2D eigenvalue weighted by Gasteiger charge is -2.08. The number of methoxy groups -OCH3 is 1. The molecule has 2 rings (SSSR count). The fourth-order valence-corrected chi connectivity index (χ4v) is 4.62. The van der Waals surface area contributed by atoms with Gasteiger partial charge >= 0.3 is 5.97 Å². The summed E-state index contributed by atoms with van der Waals surface area (Å²) < 4.78 is 29.0. The first-order chi connectivity index (χ1) is 11.4. The van der Waals surface area contributed by atoms with Gasteiger partial charge in [0, 0.05) is 18.0 Å². The van der Waals surface area contributed by atoms with Crippen LogP contribution in [-0.4, -0.2) is 33.8 Å². The summed E-state index contributed by atoms with van der Waals surface area (Å²) in [5, 5.41) is 3.12. The summed E-state index contributed by atoms with van der Waals surface area (Å²) in [5.41, 5.74) is 2.31. The molecule has 7 heteroatoms. The van der Waals surface area contributed by atoms with Crippen molar-refractivity contribution in [2.75, 3.05) is 24.7 Å². The first-order valence-electron chi connectivity index (χ1n) is 7.31. The number of carbonyl (C=O) groups is 1. The Morgan fingerprint density at radius 2 is 1.71 bits per heavy atom. The summed E-state index contributed by atoms with van der Waals surface area (Å²) in [6, 6.07) is 13.6. The van der Waals surface area contributed by atoms with Crippen molar-refractivity contribution in [1.82, 2.24) is 0 Å². The summed E-state index contributed by atoms with van der Waals surface area (Å²) in [7, 11) is -1.10. The molecule has 0 heterocycles. The van der Waals surface area contributed by atoms with Gasteiger partial charge in [-0.15, -0.1) is 0 Å². The molecule has 0 atom stereocenters. The second-order valence-corrected chi connectivity index (χ2v) is 9.13. The van der Waals surface area contributed by atoms with Crippen molar-refractivity contribution in [2.45, 2.75) is 11.8 Å². The Morgan fingerprint density at radius 1 is 1.08 bits per heavy atom. The van der Waals surface area contributed by atoms with E-state index in [9.17, 15) is 13.2 Å². The molecule has 0 fully saturated rings. The fourth-order valence-electron chi connectivity index (χ4n) is 1.96. The fraction of sp³-hybridized carbons (Fsp3) is 0.235. The maximum Gasteiger partial charge on any atom is 0.337 e. The predicted molar refractivity (Wildman–Crippen MR) is 97.1 cm³/mol. The van der Waals surface area contributed by atoms with Gasteiger partial charge in [-0.3, -0.25) is 0 Å². The lowest BCUT2D eigenvalue weighted by molar-refractivity contribution is 0.0601. The summed E-state index contributed by atoms with van der Waals surface area (Å²) in [5.74, 6) is 0.0240. The SMILES string of the molecule is COC(=O)c1ccc(NCCSS(=O)(=O)c2ccc(C)cc2)cc1. The van der Waals surface area contributed by atoms with Gasteiger partial charge in [-0.05, 0) is 54.1 Å². The molecule has 0 spiro atoms. The Morgan fingerprint density at radius 3 is 2.29 bits per heavy atom. The standard InChI is InChI=1S/C17H19NO4S2/c1-13-3-9-16(10-4-13)24(20,21)23-12-11-18-15-7-5-14(6-8-15)17(19)22-2/h3-10,18H,11-12H2,1-2H3. The zero-order valence-corrected chi connectivity index (χ0v) is 15.1. The van der Waals surface area contributed by atoms with E-state index in [-0.39, 0.29) is 5.97 Å². The number of hydrogen-bond donors (Lipinski definition) is 1. The third-order valence-electron chi connectivity index (χ3n) is 3.29. The number of aryl methyl sites for hydroxylation is 1. The van der Waals surface area contributed by atoms with E-state index in [1.165, 1.54) is 7.11 Å². The van der Waals surface area contributed by atoms with Crippen LogP contribution >= 0.6 is 10.8 Å². The van der Waals surface area contributed by atoms with Gasteiger partial charge in [0.2, 0.25) is 8.87 Å². The highest BCUT2D eigenvalue weighted by atomic mass is 33.1. The van der Waals surface area contributed by atoms with Crippen LogP contribution < -0.4 is 5.32 Å². The van der Waals surface area contributed by atoms with Crippen molar-refractivity contribution in [3.05, 3.63) is 59.7 Å². The summed E-state index contributed by atoms with van der Waals surface area (Å²) >= 11 is 0. The van der Waals surface area contributed by atoms with E-state index in [1.807, 2.05) is 6.92 Å². The Bertz CT molecular complexity index is 784. The molecule has 0 aliphatic heterocycles.